The zero-order chi connectivity index (χ0) is 23.8. The lowest BCUT2D eigenvalue weighted by molar-refractivity contribution is -0.138. The van der Waals surface area contributed by atoms with Gasteiger partial charge in [-0.15, -0.1) is 0 Å². The molecule has 172 valence electrons. The van der Waals surface area contributed by atoms with Crippen LogP contribution < -0.4 is 10.2 Å². The van der Waals surface area contributed by atoms with Crippen molar-refractivity contribution in [3.8, 4) is 11.1 Å². The largest absolute Gasteiger partial charge is 0.481 e. The van der Waals surface area contributed by atoms with E-state index in [1.54, 1.807) is 31.2 Å². The number of fused-ring (bicyclic) bond motifs is 4. The fourth-order valence-electron chi connectivity index (χ4n) is 4.94. The molecular weight excluding hydrogens is 432 g/mol. The molecule has 0 spiro atoms. The third-order valence-electron chi connectivity index (χ3n) is 6.58. The van der Waals surface area contributed by atoms with Crippen molar-refractivity contribution in [2.24, 2.45) is 0 Å². The van der Waals surface area contributed by atoms with E-state index in [1.165, 1.54) is 4.90 Å². The standard InChI is InChI=1S/C27H24N2O5/c1-16(25(30)29-14-22(26(31)32)21-12-6-7-13-24(21)29)28-27(33)34-15-23-19-10-4-2-8-17(19)18-9-3-5-11-20(18)23/h2-13,16,22-23H,14-15H2,1H3,(H,28,33)(H,31,32)/t16-,22?/m1/s1. The number of carboxylic acids is 1. The van der Waals surface area contributed by atoms with Crippen molar-refractivity contribution in [3.05, 3.63) is 89.5 Å². The highest BCUT2D eigenvalue weighted by molar-refractivity contribution is 6.02. The molecular formula is C27H24N2O5. The summed E-state index contributed by atoms with van der Waals surface area (Å²) in [7, 11) is 0. The van der Waals surface area contributed by atoms with Crippen LogP contribution in [0.4, 0.5) is 10.5 Å². The van der Waals surface area contributed by atoms with Crippen LogP contribution in [0, 0.1) is 0 Å². The van der Waals surface area contributed by atoms with Gasteiger partial charge in [0, 0.05) is 18.2 Å². The van der Waals surface area contributed by atoms with Crippen LogP contribution in [0.15, 0.2) is 72.8 Å². The van der Waals surface area contributed by atoms with E-state index in [2.05, 4.69) is 17.4 Å². The first kappa shape index (κ1) is 21.7. The van der Waals surface area contributed by atoms with Crippen LogP contribution in [0.3, 0.4) is 0 Å². The van der Waals surface area contributed by atoms with Crippen molar-refractivity contribution in [1.82, 2.24) is 5.32 Å². The quantitative estimate of drug-likeness (QED) is 0.602. The predicted octanol–water partition coefficient (Wildman–Crippen LogP) is 4.13. The molecule has 0 fully saturated rings. The summed E-state index contributed by atoms with van der Waals surface area (Å²) < 4.78 is 5.54. The Morgan fingerprint density at radius 3 is 2.12 bits per heavy atom. The molecule has 7 heteroatoms. The zero-order valence-corrected chi connectivity index (χ0v) is 18.6. The smallest absolute Gasteiger partial charge is 0.407 e. The number of ether oxygens (including phenoxy) is 1. The molecule has 0 aromatic heterocycles. The van der Waals surface area contributed by atoms with Crippen molar-refractivity contribution in [3.63, 3.8) is 0 Å². The van der Waals surface area contributed by atoms with Crippen LogP contribution in [0.5, 0.6) is 0 Å². The maximum Gasteiger partial charge on any atom is 0.407 e. The second-order valence-corrected chi connectivity index (χ2v) is 8.59. The van der Waals surface area contributed by atoms with Gasteiger partial charge in [0.05, 0.1) is 0 Å². The minimum Gasteiger partial charge on any atom is -0.481 e. The Hall–Kier alpha value is -4.13. The van der Waals surface area contributed by atoms with Gasteiger partial charge in [-0.3, -0.25) is 9.59 Å². The van der Waals surface area contributed by atoms with Gasteiger partial charge in [0.15, 0.2) is 0 Å². The van der Waals surface area contributed by atoms with Gasteiger partial charge in [-0.2, -0.15) is 0 Å². The summed E-state index contributed by atoms with van der Waals surface area (Å²) in [5, 5.41) is 12.1. The Morgan fingerprint density at radius 1 is 0.941 bits per heavy atom. The fraction of sp³-hybridized carbons (Fsp3) is 0.222. The molecule has 1 aliphatic carbocycles. The number of carbonyl (C=O) groups is 3. The van der Waals surface area contributed by atoms with Crippen LogP contribution >= 0.6 is 0 Å². The molecule has 34 heavy (non-hydrogen) atoms. The van der Waals surface area contributed by atoms with E-state index in [1.807, 2.05) is 36.4 Å². The van der Waals surface area contributed by atoms with Crippen molar-refractivity contribution in [2.45, 2.75) is 24.8 Å². The third-order valence-corrected chi connectivity index (χ3v) is 6.58. The molecule has 1 heterocycles. The number of benzene rings is 3. The van der Waals surface area contributed by atoms with Gasteiger partial charge in [-0.05, 0) is 40.8 Å². The lowest BCUT2D eigenvalue weighted by Gasteiger charge is -2.23. The van der Waals surface area contributed by atoms with E-state index in [9.17, 15) is 19.5 Å². The predicted molar refractivity (Wildman–Crippen MR) is 127 cm³/mol. The summed E-state index contributed by atoms with van der Waals surface area (Å²) >= 11 is 0. The van der Waals surface area contributed by atoms with E-state index in [4.69, 9.17) is 4.74 Å². The Kier molecular flexibility index (Phi) is 5.53. The summed E-state index contributed by atoms with van der Waals surface area (Å²) in [4.78, 5) is 38.7. The molecule has 2 aliphatic rings. The van der Waals surface area contributed by atoms with Gasteiger partial charge in [0.1, 0.15) is 18.6 Å². The average Bonchev–Trinajstić information content (AvgIpc) is 3.39. The number of hydrogen-bond donors (Lipinski definition) is 2. The zero-order valence-electron chi connectivity index (χ0n) is 18.6. The first-order valence-electron chi connectivity index (χ1n) is 11.2. The number of amides is 2. The molecule has 0 saturated heterocycles. The van der Waals surface area contributed by atoms with E-state index in [0.29, 0.717) is 11.3 Å². The minimum atomic E-state index is -0.986. The highest BCUT2D eigenvalue weighted by Crippen LogP contribution is 2.44. The van der Waals surface area contributed by atoms with Gasteiger partial charge >= 0.3 is 12.1 Å². The summed E-state index contributed by atoms with van der Waals surface area (Å²) in [6.45, 7) is 1.75. The Balaban J connectivity index is 1.25. The van der Waals surface area contributed by atoms with Crippen molar-refractivity contribution in [1.29, 1.82) is 0 Å². The molecule has 1 unspecified atom stereocenters. The molecule has 0 bridgehead atoms. The molecule has 1 aliphatic heterocycles. The Bertz CT molecular complexity index is 1240. The van der Waals surface area contributed by atoms with Crippen molar-refractivity contribution in [2.75, 3.05) is 18.1 Å². The van der Waals surface area contributed by atoms with E-state index in [-0.39, 0.29) is 25.0 Å². The topological polar surface area (TPSA) is 95.9 Å². The summed E-state index contributed by atoms with van der Waals surface area (Å²) in [5.41, 5.74) is 5.63. The molecule has 0 radical (unpaired) electrons. The highest BCUT2D eigenvalue weighted by atomic mass is 16.5. The van der Waals surface area contributed by atoms with Crippen LogP contribution in [0.2, 0.25) is 0 Å². The first-order valence-corrected chi connectivity index (χ1v) is 11.2. The molecule has 2 atom stereocenters. The number of rotatable bonds is 5. The number of nitrogens with one attached hydrogen (secondary N) is 1. The number of carboxylic acid groups (broad SMARTS) is 1. The van der Waals surface area contributed by atoms with E-state index < -0.39 is 24.0 Å². The average molecular weight is 456 g/mol. The SMILES string of the molecule is C[C@@H](NC(=O)OCC1c2ccccc2-c2ccccc21)C(=O)N1CC(C(=O)O)c2ccccc21. The van der Waals surface area contributed by atoms with Crippen LogP contribution in [-0.4, -0.2) is 42.3 Å². The van der Waals surface area contributed by atoms with Gasteiger partial charge in [0.2, 0.25) is 5.91 Å². The van der Waals surface area contributed by atoms with Crippen LogP contribution in [-0.2, 0) is 14.3 Å². The normalized spacial score (nSPS) is 16.9. The number of anilines is 1. The lowest BCUT2D eigenvalue weighted by atomic mass is 9.98. The number of nitrogens with zero attached hydrogens (tertiary/aromatic N) is 1. The summed E-state index contributed by atoms with van der Waals surface area (Å²) in [6.07, 6.45) is -0.690. The number of carbonyl (C=O) groups excluding carboxylic acids is 2. The number of alkyl carbamates (subject to hydrolysis) is 1. The summed E-state index contributed by atoms with van der Waals surface area (Å²) in [6, 6.07) is 22.2. The number of aliphatic carboxylic acids is 1. The monoisotopic (exact) mass is 456 g/mol. The maximum atomic E-state index is 13.1. The van der Waals surface area contributed by atoms with E-state index in [0.717, 1.165) is 22.3 Å². The lowest BCUT2D eigenvalue weighted by Crippen LogP contribution is -2.47. The van der Waals surface area contributed by atoms with Gasteiger partial charge in [-0.1, -0.05) is 66.7 Å². The minimum absolute atomic E-state index is 0.0320. The van der Waals surface area contributed by atoms with Crippen molar-refractivity contribution >= 4 is 23.7 Å². The highest BCUT2D eigenvalue weighted by Gasteiger charge is 2.38. The molecule has 2 N–H and O–H groups in total. The molecule has 3 aromatic rings. The Labute approximate surface area is 197 Å². The molecule has 7 nitrogen and oxygen atoms in total. The van der Waals surface area contributed by atoms with Crippen molar-refractivity contribution < 1.29 is 24.2 Å². The second-order valence-electron chi connectivity index (χ2n) is 8.59. The van der Waals surface area contributed by atoms with Crippen LogP contribution in [0.25, 0.3) is 11.1 Å². The molecule has 5 rings (SSSR count). The fourth-order valence-corrected chi connectivity index (χ4v) is 4.94. The molecule has 0 saturated carbocycles. The van der Waals surface area contributed by atoms with Gasteiger partial charge in [-0.25, -0.2) is 4.79 Å². The molecule has 3 aromatic carbocycles. The first-order chi connectivity index (χ1) is 16.5. The van der Waals surface area contributed by atoms with Crippen LogP contribution in [0.1, 0.15) is 35.4 Å². The van der Waals surface area contributed by atoms with Gasteiger partial charge in [0.25, 0.3) is 0 Å². The number of para-hydroxylation sites is 1. The number of hydrogen-bond acceptors (Lipinski definition) is 4. The maximum absolute atomic E-state index is 13.1. The summed E-state index contributed by atoms with van der Waals surface area (Å²) in [5.74, 6) is -2.24. The van der Waals surface area contributed by atoms with Gasteiger partial charge < -0.3 is 20.1 Å². The molecule has 2 amide bonds. The Morgan fingerprint density at radius 2 is 1.50 bits per heavy atom. The van der Waals surface area contributed by atoms with E-state index >= 15 is 0 Å². The second kappa shape index (κ2) is 8.67. The third kappa shape index (κ3) is 3.69.